The lowest BCUT2D eigenvalue weighted by atomic mass is 9.78. The van der Waals surface area contributed by atoms with Crippen molar-refractivity contribution in [2.45, 2.75) is 68.5 Å². The summed E-state index contributed by atoms with van der Waals surface area (Å²) in [5.74, 6) is -0.600. The van der Waals surface area contributed by atoms with Crippen LogP contribution in [0.4, 0.5) is 0 Å². The molecule has 23 heavy (non-hydrogen) atoms. The van der Waals surface area contributed by atoms with Crippen molar-refractivity contribution in [3.63, 3.8) is 0 Å². The summed E-state index contributed by atoms with van der Waals surface area (Å²) in [5.41, 5.74) is 0.574. The molecule has 8 nitrogen and oxygen atoms in total. The van der Waals surface area contributed by atoms with Gasteiger partial charge in [0.05, 0.1) is 18.2 Å². The van der Waals surface area contributed by atoms with Gasteiger partial charge in [-0.3, -0.25) is 0 Å². The third-order valence-electron chi connectivity index (χ3n) is 5.02. The third-order valence-corrected chi connectivity index (χ3v) is 5.02. The van der Waals surface area contributed by atoms with E-state index in [1.54, 1.807) is 6.08 Å². The lowest BCUT2D eigenvalue weighted by Gasteiger charge is -2.43. The number of hydrogen-bond acceptors (Lipinski definition) is 8. The highest BCUT2D eigenvalue weighted by atomic mass is 16.4. The van der Waals surface area contributed by atoms with Gasteiger partial charge in [0.25, 0.3) is 0 Å². The van der Waals surface area contributed by atoms with Gasteiger partial charge in [0, 0.05) is 18.6 Å². The molecule has 9 unspecified atom stereocenters. The molecule has 8 heteroatoms. The van der Waals surface area contributed by atoms with E-state index in [4.69, 9.17) is 0 Å². The van der Waals surface area contributed by atoms with E-state index in [0.29, 0.717) is 12.0 Å². The number of rotatable bonds is 4. The van der Waals surface area contributed by atoms with Crippen LogP contribution in [0, 0.1) is 5.92 Å². The largest absolute Gasteiger partial charge is 0.396 e. The summed E-state index contributed by atoms with van der Waals surface area (Å²) in [6, 6.07) is -1.40. The maximum Gasteiger partial charge on any atom is 0.111 e. The molecule has 0 aromatic rings. The molecular formula is C15H27NO7. The summed E-state index contributed by atoms with van der Waals surface area (Å²) in [6.45, 7) is 1.47. The van der Waals surface area contributed by atoms with Gasteiger partial charge in [-0.2, -0.15) is 0 Å². The smallest absolute Gasteiger partial charge is 0.111 e. The summed E-state index contributed by atoms with van der Waals surface area (Å²) in [6.07, 6.45) is -5.36. The Kier molecular flexibility index (Phi) is 6.15. The maximum absolute atomic E-state index is 10.1. The number of hydrogen-bond donors (Lipinski definition) is 8. The molecule has 2 aliphatic carbocycles. The second kappa shape index (κ2) is 7.54. The molecule has 0 spiro atoms. The van der Waals surface area contributed by atoms with Gasteiger partial charge in [-0.05, 0) is 18.4 Å². The van der Waals surface area contributed by atoms with Crippen molar-refractivity contribution in [1.82, 2.24) is 5.32 Å². The second-order valence-corrected chi connectivity index (χ2v) is 6.47. The summed E-state index contributed by atoms with van der Waals surface area (Å²) >= 11 is 0. The van der Waals surface area contributed by atoms with Crippen molar-refractivity contribution in [2.24, 2.45) is 5.92 Å². The fourth-order valence-electron chi connectivity index (χ4n) is 3.44. The predicted molar refractivity (Wildman–Crippen MR) is 80.3 cm³/mol. The van der Waals surface area contributed by atoms with Crippen molar-refractivity contribution < 1.29 is 35.7 Å². The van der Waals surface area contributed by atoms with Gasteiger partial charge in [0.15, 0.2) is 0 Å². The predicted octanol–water partition coefficient (Wildman–Crippen LogP) is -3.16. The normalized spacial score (nSPS) is 48.2. The van der Waals surface area contributed by atoms with Gasteiger partial charge in [-0.15, -0.1) is 0 Å². The average Bonchev–Trinajstić information content (AvgIpc) is 2.55. The topological polar surface area (TPSA) is 154 Å². The van der Waals surface area contributed by atoms with E-state index < -0.39 is 54.6 Å². The fraction of sp³-hybridized carbons (Fsp3) is 0.867. The lowest BCUT2D eigenvalue weighted by Crippen LogP contribution is -2.63. The number of aliphatic hydroxyl groups is 7. The standard InChI is InChI=1S/C15H27NO7/c1-2-6-3-8(12(20)14(22)10(6)18)16-9-4-7(5-17)11(19)15(23)13(9)21/h3,7-23H,2,4-5H2,1H3. The van der Waals surface area contributed by atoms with Crippen molar-refractivity contribution in [1.29, 1.82) is 0 Å². The van der Waals surface area contributed by atoms with Crippen LogP contribution in [0.1, 0.15) is 19.8 Å². The molecular weight excluding hydrogens is 306 g/mol. The zero-order valence-electron chi connectivity index (χ0n) is 13.0. The molecule has 1 saturated carbocycles. The van der Waals surface area contributed by atoms with E-state index in [1.165, 1.54) is 0 Å². The molecule has 134 valence electrons. The van der Waals surface area contributed by atoms with E-state index in [1.807, 2.05) is 6.92 Å². The first kappa shape index (κ1) is 18.8. The quantitative estimate of drug-likeness (QED) is 0.251. The van der Waals surface area contributed by atoms with Crippen LogP contribution in [0.25, 0.3) is 0 Å². The molecule has 0 aromatic carbocycles. The Morgan fingerprint density at radius 2 is 1.61 bits per heavy atom. The van der Waals surface area contributed by atoms with Crippen LogP contribution in [0.3, 0.4) is 0 Å². The van der Waals surface area contributed by atoms with Gasteiger partial charge >= 0.3 is 0 Å². The molecule has 9 atom stereocenters. The summed E-state index contributed by atoms with van der Waals surface area (Å²) in [4.78, 5) is 0. The third kappa shape index (κ3) is 3.59. The minimum atomic E-state index is -1.41. The Bertz CT molecular complexity index is 430. The van der Waals surface area contributed by atoms with Crippen molar-refractivity contribution in [3.05, 3.63) is 11.6 Å². The molecule has 2 rings (SSSR count). The summed E-state index contributed by atoms with van der Waals surface area (Å²) < 4.78 is 0. The Balaban J connectivity index is 2.15. The summed E-state index contributed by atoms with van der Waals surface area (Å²) in [5, 5.41) is 72.0. The molecule has 8 N–H and O–H groups in total. The molecule has 0 aromatic heterocycles. The molecule has 1 fully saturated rings. The molecule has 0 bridgehead atoms. The average molecular weight is 333 g/mol. The van der Waals surface area contributed by atoms with Crippen LogP contribution < -0.4 is 5.32 Å². The van der Waals surface area contributed by atoms with Gasteiger partial charge in [-0.1, -0.05) is 13.0 Å². The summed E-state index contributed by atoms with van der Waals surface area (Å²) in [7, 11) is 0. The van der Waals surface area contributed by atoms with Gasteiger partial charge in [0.1, 0.15) is 24.4 Å². The van der Waals surface area contributed by atoms with Crippen LogP contribution >= 0.6 is 0 Å². The second-order valence-electron chi connectivity index (χ2n) is 6.47. The number of nitrogens with one attached hydrogen (secondary N) is 1. The molecule has 0 radical (unpaired) electrons. The van der Waals surface area contributed by atoms with Crippen LogP contribution in [0.15, 0.2) is 11.6 Å². The Morgan fingerprint density at radius 1 is 0.957 bits per heavy atom. The SMILES string of the molecule is CCC1=CC(NC2CC(CO)C(O)C(O)C2O)C(O)C(O)C1O. The molecule has 0 saturated heterocycles. The van der Waals surface area contributed by atoms with E-state index in [9.17, 15) is 35.7 Å². The highest BCUT2D eigenvalue weighted by molar-refractivity contribution is 5.21. The van der Waals surface area contributed by atoms with Crippen molar-refractivity contribution in [3.8, 4) is 0 Å². The van der Waals surface area contributed by atoms with Crippen LogP contribution in [0.5, 0.6) is 0 Å². The van der Waals surface area contributed by atoms with Gasteiger partial charge in [-0.25, -0.2) is 0 Å². The fourth-order valence-corrected chi connectivity index (χ4v) is 3.44. The first-order valence-electron chi connectivity index (χ1n) is 7.97. The Labute approximate surface area is 134 Å². The highest BCUT2D eigenvalue weighted by Crippen LogP contribution is 2.28. The van der Waals surface area contributed by atoms with E-state index in [0.717, 1.165) is 0 Å². The Hall–Kier alpha value is -0.580. The minimum absolute atomic E-state index is 0.201. The van der Waals surface area contributed by atoms with E-state index >= 15 is 0 Å². The molecule has 0 aliphatic heterocycles. The van der Waals surface area contributed by atoms with E-state index in [2.05, 4.69) is 5.32 Å². The monoisotopic (exact) mass is 333 g/mol. The maximum atomic E-state index is 10.1. The first-order chi connectivity index (χ1) is 10.8. The van der Waals surface area contributed by atoms with Crippen LogP contribution in [-0.2, 0) is 0 Å². The van der Waals surface area contributed by atoms with Gasteiger partial charge < -0.3 is 41.1 Å². The van der Waals surface area contributed by atoms with Crippen molar-refractivity contribution >= 4 is 0 Å². The Morgan fingerprint density at radius 3 is 2.17 bits per heavy atom. The minimum Gasteiger partial charge on any atom is -0.396 e. The van der Waals surface area contributed by atoms with Gasteiger partial charge in [0.2, 0.25) is 0 Å². The molecule has 0 heterocycles. The lowest BCUT2D eigenvalue weighted by molar-refractivity contribution is -0.135. The van der Waals surface area contributed by atoms with Crippen LogP contribution in [-0.4, -0.2) is 91.1 Å². The first-order valence-corrected chi connectivity index (χ1v) is 7.97. The highest BCUT2D eigenvalue weighted by Gasteiger charge is 2.45. The molecule has 0 amide bonds. The van der Waals surface area contributed by atoms with Crippen LogP contribution in [0.2, 0.25) is 0 Å². The zero-order valence-corrected chi connectivity index (χ0v) is 13.0. The zero-order chi connectivity index (χ0) is 17.3. The number of aliphatic hydroxyl groups excluding tert-OH is 7. The van der Waals surface area contributed by atoms with E-state index in [-0.39, 0.29) is 13.0 Å². The molecule has 2 aliphatic rings. The van der Waals surface area contributed by atoms with Crippen molar-refractivity contribution in [2.75, 3.05) is 6.61 Å².